The van der Waals surface area contributed by atoms with Gasteiger partial charge >= 0.3 is 0 Å². The third-order valence-electron chi connectivity index (χ3n) is 5.43. The van der Waals surface area contributed by atoms with E-state index in [0.717, 1.165) is 11.1 Å². The monoisotopic (exact) mass is 457 g/mol. The van der Waals surface area contributed by atoms with Crippen molar-refractivity contribution in [3.8, 4) is 11.5 Å². The Morgan fingerprint density at radius 2 is 1.94 bits per heavy atom. The van der Waals surface area contributed by atoms with Gasteiger partial charge in [0, 0.05) is 33.6 Å². The Hall–Kier alpha value is -3.62. The van der Waals surface area contributed by atoms with E-state index in [4.69, 9.17) is 9.47 Å². The highest BCUT2D eigenvalue weighted by atomic mass is 19.1. The largest absolute Gasteiger partial charge is 0.493 e. The first kappa shape index (κ1) is 24.0. The number of carbonyl (C=O) groups is 3. The van der Waals surface area contributed by atoms with E-state index < -0.39 is 11.7 Å². The second kappa shape index (κ2) is 10.3. The number of anilines is 1. The van der Waals surface area contributed by atoms with Crippen LogP contribution < -0.4 is 19.7 Å². The van der Waals surface area contributed by atoms with E-state index in [1.165, 1.54) is 23.0 Å². The molecule has 1 fully saturated rings. The Bertz CT molecular complexity index is 1060. The van der Waals surface area contributed by atoms with Crippen molar-refractivity contribution in [2.45, 2.75) is 19.9 Å². The number of rotatable bonds is 8. The number of nitrogens with one attached hydrogen (secondary N) is 1. The lowest BCUT2D eigenvalue weighted by Crippen LogP contribution is -2.32. The van der Waals surface area contributed by atoms with Crippen molar-refractivity contribution >= 4 is 23.4 Å². The molecule has 2 aromatic rings. The first-order chi connectivity index (χ1) is 15.7. The Kier molecular flexibility index (Phi) is 7.52. The van der Waals surface area contributed by atoms with Gasteiger partial charge in [0.25, 0.3) is 5.91 Å². The van der Waals surface area contributed by atoms with Gasteiger partial charge in [-0.1, -0.05) is 12.1 Å². The molecule has 3 amide bonds. The van der Waals surface area contributed by atoms with Crippen LogP contribution in [0.25, 0.3) is 0 Å². The van der Waals surface area contributed by atoms with Crippen LogP contribution in [0, 0.1) is 18.7 Å². The van der Waals surface area contributed by atoms with Crippen LogP contribution in [0.4, 0.5) is 10.1 Å². The fraction of sp³-hybridized carbons (Fsp3) is 0.375. The van der Waals surface area contributed by atoms with Crippen LogP contribution in [0.1, 0.15) is 17.5 Å². The maximum Gasteiger partial charge on any atom is 0.259 e. The zero-order valence-electron chi connectivity index (χ0n) is 19.2. The van der Waals surface area contributed by atoms with E-state index in [0.29, 0.717) is 11.5 Å². The van der Waals surface area contributed by atoms with E-state index in [9.17, 15) is 18.8 Å². The molecule has 0 radical (unpaired) electrons. The van der Waals surface area contributed by atoms with Crippen molar-refractivity contribution in [1.82, 2.24) is 10.2 Å². The third-order valence-corrected chi connectivity index (χ3v) is 5.43. The van der Waals surface area contributed by atoms with Gasteiger partial charge in [-0.2, -0.15) is 0 Å². The lowest BCUT2D eigenvalue weighted by atomic mass is 10.1. The van der Waals surface area contributed by atoms with E-state index in [1.807, 2.05) is 0 Å². The minimum atomic E-state index is -0.570. The van der Waals surface area contributed by atoms with Crippen LogP contribution in [-0.2, 0) is 20.9 Å². The number of benzene rings is 2. The highest BCUT2D eigenvalue weighted by molar-refractivity contribution is 6.00. The maximum absolute atomic E-state index is 14.3. The molecule has 1 aliphatic heterocycles. The Balaban J connectivity index is 1.59. The summed E-state index contributed by atoms with van der Waals surface area (Å²) in [4.78, 5) is 39.5. The van der Waals surface area contributed by atoms with E-state index in [-0.39, 0.29) is 49.5 Å². The van der Waals surface area contributed by atoms with Gasteiger partial charge in [-0.15, -0.1) is 0 Å². The molecule has 176 valence electrons. The maximum atomic E-state index is 14.3. The third kappa shape index (κ3) is 5.79. The number of hydrogen-bond acceptors (Lipinski definition) is 5. The molecule has 0 saturated carbocycles. The predicted molar refractivity (Wildman–Crippen MR) is 121 cm³/mol. The topological polar surface area (TPSA) is 88.2 Å². The molecule has 8 nitrogen and oxygen atoms in total. The molecule has 0 aliphatic carbocycles. The average molecular weight is 458 g/mol. The first-order valence-electron chi connectivity index (χ1n) is 10.5. The lowest BCUT2D eigenvalue weighted by Gasteiger charge is -2.18. The van der Waals surface area contributed by atoms with Gasteiger partial charge in [0.1, 0.15) is 5.82 Å². The highest BCUT2D eigenvalue weighted by Gasteiger charge is 2.36. The van der Waals surface area contributed by atoms with E-state index in [2.05, 4.69) is 5.32 Å². The number of likely N-dealkylation sites (N-methyl/N-ethyl adjacent to an activating group) is 1. The molecule has 0 aromatic heterocycles. The predicted octanol–water partition coefficient (Wildman–Crippen LogP) is 2.28. The quantitative estimate of drug-likeness (QED) is 0.657. The standard InChI is InChI=1S/C24H28FN3O5/c1-15-5-7-19(18(25)9-15)28-13-17(11-22(28)29)24(31)26-12-16-6-8-20(21(10-16)32-4)33-14-23(30)27(2)3/h5-10,17H,11-14H2,1-4H3,(H,26,31). The van der Waals surface area contributed by atoms with Gasteiger partial charge in [0.2, 0.25) is 11.8 Å². The molecule has 1 atom stereocenters. The number of methoxy groups -OCH3 is 1. The molecule has 1 unspecified atom stereocenters. The van der Waals surface area contributed by atoms with Crippen LogP contribution in [0.15, 0.2) is 36.4 Å². The molecule has 2 aromatic carbocycles. The molecule has 33 heavy (non-hydrogen) atoms. The van der Waals surface area contributed by atoms with Crippen LogP contribution in [0.5, 0.6) is 11.5 Å². The number of aryl methyl sites for hydroxylation is 1. The summed E-state index contributed by atoms with van der Waals surface area (Å²) in [6, 6.07) is 9.80. The van der Waals surface area contributed by atoms with Gasteiger partial charge in [0.05, 0.1) is 18.7 Å². The number of amides is 3. The SMILES string of the molecule is COc1cc(CNC(=O)C2CC(=O)N(c3ccc(C)cc3F)C2)ccc1OCC(=O)N(C)C. The Morgan fingerprint density at radius 1 is 1.18 bits per heavy atom. The van der Waals surface area contributed by atoms with E-state index >= 15 is 0 Å². The summed E-state index contributed by atoms with van der Waals surface area (Å²) in [6.07, 6.45) is 0.0230. The van der Waals surface area contributed by atoms with Crippen LogP contribution in [0.3, 0.4) is 0 Å². The molecular formula is C24H28FN3O5. The summed E-state index contributed by atoms with van der Waals surface area (Å²) in [7, 11) is 4.77. The van der Waals surface area contributed by atoms with Gasteiger partial charge in [0.15, 0.2) is 18.1 Å². The second-order valence-corrected chi connectivity index (χ2v) is 8.14. The average Bonchev–Trinajstić information content (AvgIpc) is 3.17. The molecule has 3 rings (SSSR count). The minimum Gasteiger partial charge on any atom is -0.493 e. The number of hydrogen-bond donors (Lipinski definition) is 1. The lowest BCUT2D eigenvalue weighted by molar-refractivity contribution is -0.130. The summed E-state index contributed by atoms with van der Waals surface area (Å²) in [5, 5.41) is 2.82. The molecule has 0 spiro atoms. The Labute approximate surface area is 192 Å². The summed E-state index contributed by atoms with van der Waals surface area (Å²) < 4.78 is 25.1. The van der Waals surface area contributed by atoms with Gasteiger partial charge < -0.3 is 24.6 Å². The van der Waals surface area contributed by atoms with Crippen molar-refractivity contribution in [3.05, 3.63) is 53.3 Å². The number of ether oxygens (including phenoxy) is 2. The molecule has 9 heteroatoms. The molecule has 1 aliphatic rings. The molecule has 1 saturated heterocycles. The Morgan fingerprint density at radius 3 is 2.61 bits per heavy atom. The van der Waals surface area contributed by atoms with Crippen molar-refractivity contribution < 1.29 is 28.2 Å². The summed E-state index contributed by atoms with van der Waals surface area (Å²) in [5.41, 5.74) is 1.71. The fourth-order valence-corrected chi connectivity index (χ4v) is 3.49. The van der Waals surface area contributed by atoms with Crippen molar-refractivity contribution in [2.24, 2.45) is 5.92 Å². The molecule has 0 bridgehead atoms. The number of carbonyl (C=O) groups excluding carboxylic acids is 3. The van der Waals surface area contributed by atoms with Crippen molar-refractivity contribution in [1.29, 1.82) is 0 Å². The molecular weight excluding hydrogens is 429 g/mol. The number of nitrogens with zero attached hydrogens (tertiary/aromatic N) is 2. The summed E-state index contributed by atoms with van der Waals surface area (Å²) >= 11 is 0. The first-order valence-corrected chi connectivity index (χ1v) is 10.5. The van der Waals surface area contributed by atoms with Crippen LogP contribution in [-0.4, -0.2) is 57.0 Å². The summed E-state index contributed by atoms with van der Waals surface area (Å²) in [5.74, 6) is -0.946. The minimum absolute atomic E-state index is 0.0230. The molecule has 1 N–H and O–H groups in total. The highest BCUT2D eigenvalue weighted by Crippen LogP contribution is 2.29. The molecule has 1 heterocycles. The van der Waals surface area contributed by atoms with E-state index in [1.54, 1.807) is 51.4 Å². The van der Waals surface area contributed by atoms with Crippen LogP contribution in [0.2, 0.25) is 0 Å². The zero-order chi connectivity index (χ0) is 24.1. The van der Waals surface area contributed by atoms with Gasteiger partial charge in [-0.25, -0.2) is 4.39 Å². The number of halogens is 1. The summed E-state index contributed by atoms with van der Waals surface area (Å²) in [6.45, 7) is 2.00. The van der Waals surface area contributed by atoms with Crippen molar-refractivity contribution in [3.63, 3.8) is 0 Å². The fourth-order valence-electron chi connectivity index (χ4n) is 3.49. The normalized spacial score (nSPS) is 15.4. The van der Waals surface area contributed by atoms with Crippen molar-refractivity contribution in [2.75, 3.05) is 39.3 Å². The second-order valence-electron chi connectivity index (χ2n) is 8.14. The van der Waals surface area contributed by atoms with Gasteiger partial charge in [-0.05, 0) is 42.3 Å². The van der Waals surface area contributed by atoms with Gasteiger partial charge in [-0.3, -0.25) is 14.4 Å². The zero-order valence-corrected chi connectivity index (χ0v) is 19.2. The van der Waals surface area contributed by atoms with Crippen LogP contribution >= 0.6 is 0 Å². The smallest absolute Gasteiger partial charge is 0.259 e.